The first-order valence-electron chi connectivity index (χ1n) is 11.9. The molecule has 0 saturated carbocycles. The monoisotopic (exact) mass is 471 g/mol. The van der Waals surface area contributed by atoms with E-state index in [0.717, 1.165) is 6.29 Å². The van der Waals surface area contributed by atoms with Crippen LogP contribution < -0.4 is 16.0 Å². The van der Waals surface area contributed by atoms with Gasteiger partial charge >= 0.3 is 0 Å². The molecule has 0 aliphatic carbocycles. The van der Waals surface area contributed by atoms with E-state index in [-0.39, 0.29) is 31.6 Å². The summed E-state index contributed by atoms with van der Waals surface area (Å²) in [5.41, 5.74) is -0.664. The van der Waals surface area contributed by atoms with Crippen LogP contribution in [-0.4, -0.2) is 70.0 Å². The zero-order valence-corrected chi connectivity index (χ0v) is 19.7. The molecule has 1 aromatic heterocycles. The van der Waals surface area contributed by atoms with Gasteiger partial charge in [-0.2, -0.15) is 0 Å². The molecular formula is C24H33N5O5. The Bertz CT molecular complexity index is 924. The lowest BCUT2D eigenvalue weighted by atomic mass is 9.94. The van der Waals surface area contributed by atoms with E-state index in [2.05, 4.69) is 20.9 Å². The quantitative estimate of drug-likeness (QED) is 0.385. The van der Waals surface area contributed by atoms with Crippen molar-refractivity contribution in [1.29, 1.82) is 0 Å². The van der Waals surface area contributed by atoms with Gasteiger partial charge in [-0.05, 0) is 51.2 Å². The predicted octanol–water partition coefficient (Wildman–Crippen LogP) is 0.252. The van der Waals surface area contributed by atoms with Crippen LogP contribution in [0, 0.1) is 0 Å². The molecule has 10 heteroatoms. The van der Waals surface area contributed by atoms with E-state index >= 15 is 0 Å². The van der Waals surface area contributed by atoms with Gasteiger partial charge in [-0.25, -0.2) is 0 Å². The molecule has 184 valence electrons. The Hall–Kier alpha value is -3.30. The number of unbranched alkanes of at least 4 members (excludes halogenated alkanes) is 1. The van der Waals surface area contributed by atoms with Crippen molar-refractivity contribution in [2.75, 3.05) is 6.54 Å². The van der Waals surface area contributed by atoms with Crippen molar-refractivity contribution in [2.24, 2.45) is 0 Å². The van der Waals surface area contributed by atoms with Gasteiger partial charge in [-0.1, -0.05) is 13.0 Å². The fourth-order valence-corrected chi connectivity index (χ4v) is 4.36. The van der Waals surface area contributed by atoms with Gasteiger partial charge in [0, 0.05) is 31.3 Å². The number of rotatable bonds is 7. The van der Waals surface area contributed by atoms with Crippen molar-refractivity contribution < 1.29 is 24.0 Å². The summed E-state index contributed by atoms with van der Waals surface area (Å²) in [4.78, 5) is 69.7. The van der Waals surface area contributed by atoms with E-state index in [4.69, 9.17) is 0 Å². The van der Waals surface area contributed by atoms with Crippen LogP contribution in [0.2, 0.25) is 0 Å². The zero-order chi connectivity index (χ0) is 24.7. The Balaban J connectivity index is 1.95. The van der Waals surface area contributed by atoms with Crippen LogP contribution in [-0.2, 0) is 30.4 Å². The van der Waals surface area contributed by atoms with E-state index < -0.39 is 41.4 Å². The average Bonchev–Trinajstić information content (AvgIpc) is 3.32. The molecule has 1 unspecified atom stereocenters. The third kappa shape index (κ3) is 5.78. The molecule has 10 nitrogen and oxygen atoms in total. The molecule has 0 bridgehead atoms. The van der Waals surface area contributed by atoms with Crippen molar-refractivity contribution in [1.82, 2.24) is 25.8 Å². The van der Waals surface area contributed by atoms with Gasteiger partial charge in [0.1, 0.15) is 30.0 Å². The molecule has 0 aromatic carbocycles. The SMILES string of the molecule is CC[C@]1(C)NC(=O)[C@H](CCCC=O)NC(=O)[C@H]2CCCN2C(=O)C(Cc2ccccn2)NC1=O. The minimum absolute atomic E-state index is 0.165. The molecule has 4 amide bonds. The van der Waals surface area contributed by atoms with Crippen LogP contribution in [0.5, 0.6) is 0 Å². The minimum Gasteiger partial charge on any atom is -0.343 e. The summed E-state index contributed by atoms with van der Waals surface area (Å²) in [5.74, 6) is -1.72. The highest BCUT2D eigenvalue weighted by atomic mass is 16.2. The first-order valence-corrected chi connectivity index (χ1v) is 11.9. The Morgan fingerprint density at radius 1 is 1.15 bits per heavy atom. The van der Waals surface area contributed by atoms with Crippen molar-refractivity contribution in [3.05, 3.63) is 30.1 Å². The fourth-order valence-electron chi connectivity index (χ4n) is 4.36. The number of fused-ring (bicyclic) bond motifs is 1. The largest absolute Gasteiger partial charge is 0.343 e. The van der Waals surface area contributed by atoms with Crippen molar-refractivity contribution >= 4 is 29.9 Å². The van der Waals surface area contributed by atoms with E-state index in [9.17, 15) is 24.0 Å². The number of aromatic nitrogens is 1. The number of pyridine rings is 1. The Kier molecular flexibility index (Phi) is 8.36. The van der Waals surface area contributed by atoms with Crippen LogP contribution in [0.15, 0.2) is 24.4 Å². The van der Waals surface area contributed by atoms with Crippen LogP contribution in [0.1, 0.15) is 58.1 Å². The van der Waals surface area contributed by atoms with Gasteiger partial charge in [-0.3, -0.25) is 24.2 Å². The molecular weight excluding hydrogens is 438 g/mol. The summed E-state index contributed by atoms with van der Waals surface area (Å²) in [6, 6.07) is 2.77. The van der Waals surface area contributed by atoms with Crippen molar-refractivity contribution in [3.8, 4) is 0 Å². The maximum absolute atomic E-state index is 13.6. The van der Waals surface area contributed by atoms with Gasteiger partial charge < -0.3 is 25.6 Å². The lowest BCUT2D eigenvalue weighted by Crippen LogP contribution is -2.65. The first kappa shape index (κ1) is 25.3. The molecule has 3 N–H and O–H groups in total. The van der Waals surface area contributed by atoms with Crippen molar-refractivity contribution in [3.63, 3.8) is 0 Å². The molecule has 3 rings (SSSR count). The van der Waals surface area contributed by atoms with Gasteiger partial charge in [0.05, 0.1) is 0 Å². The van der Waals surface area contributed by atoms with Crippen LogP contribution >= 0.6 is 0 Å². The van der Waals surface area contributed by atoms with Crippen molar-refractivity contribution in [2.45, 2.75) is 82.5 Å². The highest BCUT2D eigenvalue weighted by Gasteiger charge is 2.43. The second-order valence-electron chi connectivity index (χ2n) is 9.07. The number of hydrogen-bond donors (Lipinski definition) is 3. The standard InChI is InChI=1S/C24H33N5O5/c1-3-24(2)23(34)27-18(15-16-9-4-6-12-25-16)22(33)29-13-8-11-19(29)21(32)26-17(20(31)28-24)10-5-7-14-30/h4,6,9,12,14,17-19H,3,5,7-8,10-11,13,15H2,1-2H3,(H,26,32)(H,27,34)(H,28,31)/t17-,18?,19+,24-/m0/s1. The van der Waals surface area contributed by atoms with Crippen LogP contribution in [0.4, 0.5) is 0 Å². The number of hydrogen-bond acceptors (Lipinski definition) is 6. The smallest absolute Gasteiger partial charge is 0.246 e. The Morgan fingerprint density at radius 3 is 2.62 bits per heavy atom. The molecule has 4 atom stereocenters. The highest BCUT2D eigenvalue weighted by Crippen LogP contribution is 2.21. The molecule has 2 aliphatic rings. The molecule has 2 saturated heterocycles. The van der Waals surface area contributed by atoms with Crippen LogP contribution in [0.25, 0.3) is 0 Å². The van der Waals surface area contributed by atoms with Gasteiger partial charge in [-0.15, -0.1) is 0 Å². The number of amides is 4. The summed E-state index contributed by atoms with van der Waals surface area (Å²) in [7, 11) is 0. The molecule has 34 heavy (non-hydrogen) atoms. The third-order valence-corrected chi connectivity index (χ3v) is 6.64. The summed E-state index contributed by atoms with van der Waals surface area (Å²) in [6.45, 7) is 3.74. The Morgan fingerprint density at radius 2 is 1.94 bits per heavy atom. The molecule has 1 aromatic rings. The minimum atomic E-state index is -1.29. The molecule has 3 heterocycles. The number of nitrogens with one attached hydrogen (secondary N) is 3. The molecule has 0 spiro atoms. The number of carbonyl (C=O) groups is 5. The molecule has 2 fully saturated rings. The third-order valence-electron chi connectivity index (χ3n) is 6.64. The van der Waals surface area contributed by atoms with E-state index in [1.165, 1.54) is 4.90 Å². The molecule has 0 radical (unpaired) electrons. The molecule has 2 aliphatic heterocycles. The number of carbonyl (C=O) groups excluding carboxylic acids is 5. The topological polar surface area (TPSA) is 138 Å². The summed E-state index contributed by atoms with van der Waals surface area (Å²) >= 11 is 0. The lowest BCUT2D eigenvalue weighted by molar-refractivity contribution is -0.144. The van der Waals surface area contributed by atoms with E-state index in [1.807, 2.05) is 0 Å². The van der Waals surface area contributed by atoms with Gasteiger partial charge in [0.25, 0.3) is 0 Å². The average molecular weight is 472 g/mol. The number of nitrogens with zero attached hydrogens (tertiary/aromatic N) is 2. The predicted molar refractivity (Wildman–Crippen MR) is 123 cm³/mol. The van der Waals surface area contributed by atoms with E-state index in [1.54, 1.807) is 38.2 Å². The second kappa shape index (κ2) is 11.2. The highest BCUT2D eigenvalue weighted by molar-refractivity contribution is 5.99. The normalized spacial score (nSPS) is 28.2. The zero-order valence-electron chi connectivity index (χ0n) is 19.7. The first-order chi connectivity index (χ1) is 16.3. The maximum Gasteiger partial charge on any atom is 0.246 e. The lowest BCUT2D eigenvalue weighted by Gasteiger charge is -2.35. The van der Waals surface area contributed by atoms with E-state index in [0.29, 0.717) is 31.5 Å². The summed E-state index contributed by atoms with van der Waals surface area (Å²) in [6.07, 6.45) is 4.85. The number of aldehydes is 1. The fraction of sp³-hybridized carbons (Fsp3) is 0.583. The maximum atomic E-state index is 13.6. The summed E-state index contributed by atoms with van der Waals surface area (Å²) < 4.78 is 0. The van der Waals surface area contributed by atoms with Gasteiger partial charge in [0.15, 0.2) is 0 Å². The summed E-state index contributed by atoms with van der Waals surface area (Å²) in [5, 5.41) is 8.37. The van der Waals surface area contributed by atoms with Crippen LogP contribution in [0.3, 0.4) is 0 Å². The second-order valence-corrected chi connectivity index (χ2v) is 9.07. The Labute approximate surface area is 199 Å². The van der Waals surface area contributed by atoms with Gasteiger partial charge in [0.2, 0.25) is 23.6 Å².